The number of nitrogens with zero attached hydrogens (tertiary/aromatic N) is 3. The highest BCUT2D eigenvalue weighted by Gasteiger charge is 2.25. The van der Waals surface area contributed by atoms with Gasteiger partial charge >= 0.3 is 0 Å². The molecule has 3 aromatic carbocycles. The normalized spacial score (nSPS) is 14.8. The third-order valence-corrected chi connectivity index (χ3v) is 5.55. The monoisotopic (exact) mass is 441 g/mol. The lowest BCUT2D eigenvalue weighted by atomic mass is 10.0. The third-order valence-electron chi connectivity index (χ3n) is 5.30. The summed E-state index contributed by atoms with van der Waals surface area (Å²) in [4.78, 5) is 17.2. The average molecular weight is 442 g/mol. The van der Waals surface area contributed by atoms with Crippen LogP contribution in [0.5, 0.6) is 0 Å². The van der Waals surface area contributed by atoms with Crippen LogP contribution in [0, 0.1) is 6.92 Å². The van der Waals surface area contributed by atoms with Gasteiger partial charge in [0, 0.05) is 16.3 Å². The van der Waals surface area contributed by atoms with Crippen molar-refractivity contribution in [3.8, 4) is 0 Å². The van der Waals surface area contributed by atoms with Crippen molar-refractivity contribution < 1.29 is 4.79 Å². The standard InChI is InChI=1S/C25H20ClN5O/c1-16-7-9-19(10-8-16)23(32)28-24-29-25-27-21(17-11-13-20(26)14-12-17)15-22(31(25)30-24)18-5-3-2-4-6-18/h2-15,22H,1H3,(H2,27,28,29,30,32). The van der Waals surface area contributed by atoms with E-state index in [2.05, 4.69) is 26.8 Å². The van der Waals surface area contributed by atoms with Crippen LogP contribution < -0.4 is 10.6 Å². The number of halogens is 1. The molecular weight excluding hydrogens is 422 g/mol. The van der Waals surface area contributed by atoms with Gasteiger partial charge in [-0.3, -0.25) is 10.1 Å². The molecule has 1 aliphatic rings. The Morgan fingerprint density at radius 1 is 1.00 bits per heavy atom. The summed E-state index contributed by atoms with van der Waals surface area (Å²) in [5, 5.41) is 11.4. The molecule has 2 N–H and O–H groups in total. The second-order valence-corrected chi connectivity index (χ2v) is 8.03. The molecule has 1 aliphatic heterocycles. The van der Waals surface area contributed by atoms with Crippen LogP contribution in [-0.2, 0) is 0 Å². The predicted octanol–water partition coefficient (Wildman–Crippen LogP) is 5.55. The quantitative estimate of drug-likeness (QED) is 0.435. The SMILES string of the molecule is Cc1ccc(C(=O)Nc2nc3n(n2)C(c2ccccc2)C=C(c2ccc(Cl)cc2)N3)cc1. The van der Waals surface area contributed by atoms with Crippen molar-refractivity contribution in [1.29, 1.82) is 0 Å². The Balaban J connectivity index is 1.49. The zero-order chi connectivity index (χ0) is 22.1. The van der Waals surface area contributed by atoms with Crippen molar-refractivity contribution in [2.24, 2.45) is 0 Å². The minimum absolute atomic E-state index is 0.185. The summed E-state index contributed by atoms with van der Waals surface area (Å²) in [5.41, 5.74) is 4.58. The van der Waals surface area contributed by atoms with Gasteiger partial charge < -0.3 is 5.32 Å². The lowest BCUT2D eigenvalue weighted by molar-refractivity contribution is 0.102. The van der Waals surface area contributed by atoms with Crippen LogP contribution in [-0.4, -0.2) is 20.7 Å². The minimum Gasteiger partial charge on any atom is -0.324 e. The molecule has 0 bridgehead atoms. The molecule has 5 rings (SSSR count). The van der Waals surface area contributed by atoms with Gasteiger partial charge in [-0.1, -0.05) is 71.8 Å². The summed E-state index contributed by atoms with van der Waals surface area (Å²) in [6.45, 7) is 1.98. The number of allylic oxidation sites excluding steroid dienone is 1. The molecule has 2 heterocycles. The molecular formula is C25H20ClN5O. The van der Waals surface area contributed by atoms with E-state index in [0.717, 1.165) is 22.4 Å². The van der Waals surface area contributed by atoms with Crippen molar-refractivity contribution >= 4 is 35.1 Å². The van der Waals surface area contributed by atoms with Crippen LogP contribution in [0.3, 0.4) is 0 Å². The van der Waals surface area contributed by atoms with E-state index in [1.54, 1.807) is 16.8 Å². The van der Waals surface area contributed by atoms with Gasteiger partial charge in [0.1, 0.15) is 6.04 Å². The lowest BCUT2D eigenvalue weighted by Gasteiger charge is -2.24. The highest BCUT2D eigenvalue weighted by atomic mass is 35.5. The molecule has 0 fully saturated rings. The number of aromatic nitrogens is 3. The molecule has 7 heteroatoms. The fraction of sp³-hybridized carbons (Fsp3) is 0.0800. The zero-order valence-electron chi connectivity index (χ0n) is 17.3. The largest absolute Gasteiger partial charge is 0.324 e. The van der Waals surface area contributed by atoms with E-state index in [1.165, 1.54) is 0 Å². The maximum atomic E-state index is 12.7. The molecule has 1 amide bonds. The topological polar surface area (TPSA) is 71.8 Å². The van der Waals surface area contributed by atoms with E-state index >= 15 is 0 Å². The fourth-order valence-electron chi connectivity index (χ4n) is 3.61. The first kappa shape index (κ1) is 20.0. The summed E-state index contributed by atoms with van der Waals surface area (Å²) < 4.78 is 1.78. The Kier molecular flexibility index (Phi) is 5.21. The van der Waals surface area contributed by atoms with Crippen molar-refractivity contribution in [2.45, 2.75) is 13.0 Å². The van der Waals surface area contributed by atoms with Crippen LogP contribution in [0.25, 0.3) is 5.70 Å². The smallest absolute Gasteiger partial charge is 0.258 e. The second kappa shape index (κ2) is 8.32. The summed E-state index contributed by atoms with van der Waals surface area (Å²) >= 11 is 6.06. The molecule has 4 aromatic rings. The second-order valence-electron chi connectivity index (χ2n) is 7.59. The Hall–Kier alpha value is -3.90. The van der Waals surface area contributed by atoms with E-state index in [0.29, 0.717) is 16.5 Å². The van der Waals surface area contributed by atoms with Gasteiger partial charge in [0.25, 0.3) is 11.9 Å². The minimum atomic E-state index is -0.255. The lowest BCUT2D eigenvalue weighted by Crippen LogP contribution is -2.20. The molecule has 0 saturated carbocycles. The van der Waals surface area contributed by atoms with Gasteiger partial charge in [0.2, 0.25) is 5.95 Å². The zero-order valence-corrected chi connectivity index (χ0v) is 18.0. The van der Waals surface area contributed by atoms with E-state index in [1.807, 2.05) is 73.7 Å². The van der Waals surface area contributed by atoms with Crippen LogP contribution in [0.1, 0.15) is 33.1 Å². The molecule has 0 spiro atoms. The number of carbonyl (C=O) groups is 1. The van der Waals surface area contributed by atoms with Crippen LogP contribution >= 0.6 is 11.6 Å². The predicted molar refractivity (Wildman–Crippen MR) is 127 cm³/mol. The Labute approximate surface area is 190 Å². The number of aryl methyl sites for hydroxylation is 1. The van der Waals surface area contributed by atoms with E-state index in [4.69, 9.17) is 11.6 Å². The summed E-state index contributed by atoms with van der Waals surface area (Å²) in [6, 6.07) is 24.8. The van der Waals surface area contributed by atoms with Gasteiger partial charge in [-0.05, 0) is 48.4 Å². The van der Waals surface area contributed by atoms with Crippen LogP contribution in [0.2, 0.25) is 5.02 Å². The van der Waals surface area contributed by atoms with E-state index in [9.17, 15) is 4.79 Å². The average Bonchev–Trinajstić information content (AvgIpc) is 3.22. The number of carbonyl (C=O) groups excluding carboxylic acids is 1. The molecule has 0 radical (unpaired) electrons. The van der Waals surface area contributed by atoms with Gasteiger partial charge in [0.05, 0.1) is 0 Å². The molecule has 1 aromatic heterocycles. The van der Waals surface area contributed by atoms with Gasteiger partial charge in [-0.15, -0.1) is 5.10 Å². The molecule has 0 aliphatic carbocycles. The summed E-state index contributed by atoms with van der Waals surface area (Å²) in [5.74, 6) is 0.533. The summed E-state index contributed by atoms with van der Waals surface area (Å²) in [7, 11) is 0. The number of hydrogen-bond acceptors (Lipinski definition) is 4. The molecule has 1 unspecified atom stereocenters. The van der Waals surface area contributed by atoms with Crippen molar-refractivity contribution in [3.05, 3.63) is 112 Å². The van der Waals surface area contributed by atoms with E-state index in [-0.39, 0.29) is 17.9 Å². The van der Waals surface area contributed by atoms with Crippen molar-refractivity contribution in [2.75, 3.05) is 10.6 Å². The van der Waals surface area contributed by atoms with Crippen LogP contribution in [0.4, 0.5) is 11.9 Å². The fourth-order valence-corrected chi connectivity index (χ4v) is 3.74. The Morgan fingerprint density at radius 2 is 1.72 bits per heavy atom. The molecule has 158 valence electrons. The van der Waals surface area contributed by atoms with Crippen molar-refractivity contribution in [3.63, 3.8) is 0 Å². The molecule has 1 atom stereocenters. The van der Waals surface area contributed by atoms with Gasteiger partial charge in [-0.25, -0.2) is 4.68 Å². The summed E-state index contributed by atoms with van der Waals surface area (Å²) in [6.07, 6.45) is 2.09. The maximum Gasteiger partial charge on any atom is 0.258 e. The molecule has 0 saturated heterocycles. The number of anilines is 2. The third kappa shape index (κ3) is 4.00. The first-order chi connectivity index (χ1) is 15.6. The first-order valence-corrected chi connectivity index (χ1v) is 10.6. The number of benzene rings is 3. The Morgan fingerprint density at radius 3 is 2.44 bits per heavy atom. The van der Waals surface area contributed by atoms with Gasteiger partial charge in [0.15, 0.2) is 0 Å². The van der Waals surface area contributed by atoms with Crippen molar-refractivity contribution in [1.82, 2.24) is 14.8 Å². The number of nitrogens with one attached hydrogen (secondary N) is 2. The number of fused-ring (bicyclic) bond motifs is 1. The maximum absolute atomic E-state index is 12.7. The Bertz CT molecular complexity index is 1290. The van der Waals surface area contributed by atoms with Gasteiger partial charge in [-0.2, -0.15) is 4.98 Å². The number of hydrogen-bond donors (Lipinski definition) is 2. The molecule has 32 heavy (non-hydrogen) atoms. The van der Waals surface area contributed by atoms with Crippen LogP contribution in [0.15, 0.2) is 84.9 Å². The highest BCUT2D eigenvalue weighted by molar-refractivity contribution is 6.30. The highest BCUT2D eigenvalue weighted by Crippen LogP contribution is 2.33. The molecule has 6 nitrogen and oxygen atoms in total. The first-order valence-electron chi connectivity index (χ1n) is 10.2. The number of rotatable bonds is 4. The number of amides is 1. The van der Waals surface area contributed by atoms with E-state index < -0.39 is 0 Å².